The van der Waals surface area contributed by atoms with Crippen LogP contribution < -0.4 is 10.2 Å². The van der Waals surface area contributed by atoms with Crippen molar-refractivity contribution in [2.75, 3.05) is 23.3 Å². The average molecular weight is 405 g/mol. The molecule has 7 heteroatoms. The quantitative estimate of drug-likeness (QED) is 0.717. The highest BCUT2D eigenvalue weighted by atomic mass is 16.1. The van der Waals surface area contributed by atoms with Gasteiger partial charge in [0, 0.05) is 35.9 Å². The number of anilines is 2. The van der Waals surface area contributed by atoms with Gasteiger partial charge in [0.25, 0.3) is 0 Å². The van der Waals surface area contributed by atoms with Crippen LogP contribution >= 0.6 is 0 Å². The molecule has 3 heterocycles. The average Bonchev–Trinajstić information content (AvgIpc) is 3.06. The Bertz CT molecular complexity index is 1040. The molecule has 1 N–H and O–H groups in total. The number of nitrogens with zero attached hydrogens (tertiary/aromatic N) is 5. The normalized spacial score (nSPS) is 16.5. The largest absolute Gasteiger partial charge is 0.340 e. The molecule has 1 atom stereocenters. The number of rotatable bonds is 4. The van der Waals surface area contributed by atoms with Gasteiger partial charge in [0.1, 0.15) is 0 Å². The Labute approximate surface area is 177 Å². The van der Waals surface area contributed by atoms with Gasteiger partial charge in [0.15, 0.2) is 0 Å². The first-order chi connectivity index (χ1) is 14.4. The minimum atomic E-state index is -0.0844. The Morgan fingerprint density at radius 1 is 1.00 bits per heavy atom. The van der Waals surface area contributed by atoms with E-state index in [2.05, 4.69) is 25.3 Å². The molecule has 30 heavy (non-hydrogen) atoms. The van der Waals surface area contributed by atoms with Gasteiger partial charge < -0.3 is 10.2 Å². The molecule has 0 saturated carbocycles. The molecule has 4 rings (SSSR count). The predicted octanol–water partition coefficient (Wildman–Crippen LogP) is 3.75. The highest BCUT2D eigenvalue weighted by Crippen LogP contribution is 2.23. The van der Waals surface area contributed by atoms with Gasteiger partial charge in [-0.1, -0.05) is 0 Å². The van der Waals surface area contributed by atoms with E-state index in [0.29, 0.717) is 6.54 Å². The van der Waals surface area contributed by atoms with Crippen LogP contribution in [0.1, 0.15) is 35.6 Å². The van der Waals surface area contributed by atoms with Crippen molar-refractivity contribution >= 4 is 17.5 Å². The number of hydrogen-bond acceptors (Lipinski definition) is 5. The smallest absolute Gasteiger partial charge is 0.229 e. The summed E-state index contributed by atoms with van der Waals surface area (Å²) in [5, 5.41) is 7.57. The van der Waals surface area contributed by atoms with E-state index in [-0.39, 0.29) is 11.8 Å². The summed E-state index contributed by atoms with van der Waals surface area (Å²) >= 11 is 0. The summed E-state index contributed by atoms with van der Waals surface area (Å²) in [5.74, 6) is 0.682. The zero-order valence-electron chi connectivity index (χ0n) is 18.0. The molecule has 2 aromatic heterocycles. The zero-order chi connectivity index (χ0) is 21.3. The molecule has 156 valence electrons. The Hall–Kier alpha value is -3.22. The van der Waals surface area contributed by atoms with E-state index in [1.807, 2.05) is 68.8 Å². The lowest BCUT2D eigenvalue weighted by molar-refractivity contribution is -0.120. The second kappa shape index (κ2) is 8.26. The van der Waals surface area contributed by atoms with E-state index in [1.165, 1.54) is 0 Å². The van der Waals surface area contributed by atoms with Crippen molar-refractivity contribution in [1.82, 2.24) is 19.7 Å². The maximum Gasteiger partial charge on any atom is 0.229 e. The van der Waals surface area contributed by atoms with Gasteiger partial charge in [0.05, 0.1) is 17.3 Å². The van der Waals surface area contributed by atoms with Gasteiger partial charge in [-0.05, 0) is 76.9 Å². The first kappa shape index (κ1) is 20.1. The number of aryl methyl sites for hydroxylation is 4. The summed E-state index contributed by atoms with van der Waals surface area (Å²) in [6, 6.07) is 11.8. The van der Waals surface area contributed by atoms with Crippen LogP contribution in [-0.2, 0) is 4.79 Å². The van der Waals surface area contributed by atoms with Crippen LogP contribution in [0.5, 0.6) is 0 Å². The minimum absolute atomic E-state index is 0.0444. The van der Waals surface area contributed by atoms with Gasteiger partial charge in [-0.2, -0.15) is 5.10 Å². The molecule has 0 spiro atoms. The predicted molar refractivity (Wildman–Crippen MR) is 118 cm³/mol. The van der Waals surface area contributed by atoms with Crippen molar-refractivity contribution in [3.8, 4) is 5.69 Å². The van der Waals surface area contributed by atoms with Crippen molar-refractivity contribution in [2.45, 2.75) is 40.5 Å². The topological polar surface area (TPSA) is 75.9 Å². The maximum atomic E-state index is 12.9. The number of carbonyl (C=O) groups is 1. The van der Waals surface area contributed by atoms with Crippen LogP contribution in [0.15, 0.2) is 36.4 Å². The van der Waals surface area contributed by atoms with E-state index >= 15 is 0 Å². The number of hydrogen-bond donors (Lipinski definition) is 1. The van der Waals surface area contributed by atoms with Crippen LogP contribution in [0.3, 0.4) is 0 Å². The molecular weight excluding hydrogens is 376 g/mol. The molecule has 0 bridgehead atoms. The lowest BCUT2D eigenvalue weighted by atomic mass is 9.97. The van der Waals surface area contributed by atoms with Crippen LogP contribution in [0.25, 0.3) is 5.69 Å². The molecule has 1 aliphatic heterocycles. The summed E-state index contributed by atoms with van der Waals surface area (Å²) in [7, 11) is 0. The molecule has 1 saturated heterocycles. The van der Waals surface area contributed by atoms with Crippen LogP contribution in [0.2, 0.25) is 0 Å². The summed E-state index contributed by atoms with van der Waals surface area (Å²) in [5.41, 5.74) is 5.75. The molecule has 0 radical (unpaired) electrons. The Morgan fingerprint density at radius 2 is 1.70 bits per heavy atom. The summed E-state index contributed by atoms with van der Waals surface area (Å²) in [6.07, 6.45) is 1.82. The monoisotopic (exact) mass is 404 g/mol. The molecule has 1 fully saturated rings. The number of amides is 1. The van der Waals surface area contributed by atoms with Crippen molar-refractivity contribution in [1.29, 1.82) is 0 Å². The van der Waals surface area contributed by atoms with E-state index in [4.69, 9.17) is 0 Å². The molecule has 1 aromatic carbocycles. The highest BCUT2D eigenvalue weighted by molar-refractivity contribution is 5.93. The third-order valence-corrected chi connectivity index (χ3v) is 5.43. The van der Waals surface area contributed by atoms with E-state index in [9.17, 15) is 4.79 Å². The Balaban J connectivity index is 1.42. The first-order valence-corrected chi connectivity index (χ1v) is 10.4. The van der Waals surface area contributed by atoms with Crippen molar-refractivity contribution < 1.29 is 4.79 Å². The van der Waals surface area contributed by atoms with Crippen LogP contribution in [0, 0.1) is 33.6 Å². The first-order valence-electron chi connectivity index (χ1n) is 10.4. The molecule has 0 unspecified atom stereocenters. The van der Waals surface area contributed by atoms with Crippen LogP contribution in [0.4, 0.5) is 11.6 Å². The van der Waals surface area contributed by atoms with Gasteiger partial charge >= 0.3 is 0 Å². The Morgan fingerprint density at radius 3 is 2.33 bits per heavy atom. The molecule has 1 aliphatic rings. The van der Waals surface area contributed by atoms with Gasteiger partial charge in [0.2, 0.25) is 11.9 Å². The highest BCUT2D eigenvalue weighted by Gasteiger charge is 2.27. The van der Waals surface area contributed by atoms with Gasteiger partial charge in [-0.15, -0.1) is 0 Å². The van der Waals surface area contributed by atoms with Crippen molar-refractivity contribution in [3.63, 3.8) is 0 Å². The van der Waals surface area contributed by atoms with E-state index in [1.54, 1.807) is 0 Å². The number of aromatic nitrogens is 4. The van der Waals surface area contributed by atoms with Crippen molar-refractivity contribution in [2.24, 2.45) is 5.92 Å². The molecule has 7 nitrogen and oxygen atoms in total. The van der Waals surface area contributed by atoms with Crippen molar-refractivity contribution in [3.05, 3.63) is 59.2 Å². The second-order valence-electron chi connectivity index (χ2n) is 8.11. The maximum absolute atomic E-state index is 12.9. The Kier molecular flexibility index (Phi) is 5.53. The van der Waals surface area contributed by atoms with E-state index < -0.39 is 0 Å². The number of nitrogens with one attached hydrogen (secondary N) is 1. The minimum Gasteiger partial charge on any atom is -0.340 e. The third kappa shape index (κ3) is 4.35. The molecule has 0 aliphatic carbocycles. The summed E-state index contributed by atoms with van der Waals surface area (Å²) in [6.45, 7) is 9.48. The summed E-state index contributed by atoms with van der Waals surface area (Å²) in [4.78, 5) is 24.1. The number of benzene rings is 1. The van der Waals surface area contributed by atoms with Gasteiger partial charge in [-0.3, -0.25) is 4.79 Å². The summed E-state index contributed by atoms with van der Waals surface area (Å²) < 4.78 is 1.91. The molecule has 3 aromatic rings. The standard InChI is InChI=1S/C23H28N6O/c1-15-12-16(2)25-23(24-15)28-11-5-6-19(14-28)22(30)26-20-7-9-21(10-8-20)29-18(4)13-17(3)27-29/h7-10,12-13,19H,5-6,11,14H2,1-4H3,(H,26,30)/t19-/m1/s1. The van der Waals surface area contributed by atoms with Gasteiger partial charge in [-0.25, -0.2) is 14.6 Å². The lowest BCUT2D eigenvalue weighted by Crippen LogP contribution is -2.41. The van der Waals surface area contributed by atoms with E-state index in [0.717, 1.165) is 59.5 Å². The number of carbonyl (C=O) groups excluding carboxylic acids is 1. The second-order valence-corrected chi connectivity index (χ2v) is 8.11. The SMILES string of the molecule is Cc1cc(C)nc(N2CCC[C@@H](C(=O)Nc3ccc(-n4nc(C)cc4C)cc3)C2)n1. The third-order valence-electron chi connectivity index (χ3n) is 5.43. The molecule has 1 amide bonds. The van der Waals surface area contributed by atoms with Crippen LogP contribution in [-0.4, -0.2) is 38.7 Å². The molecular formula is C23H28N6O. The lowest BCUT2D eigenvalue weighted by Gasteiger charge is -2.32. The number of piperidine rings is 1. The fraction of sp³-hybridized carbons (Fsp3) is 0.391. The zero-order valence-corrected chi connectivity index (χ0v) is 18.0. The fourth-order valence-corrected chi connectivity index (χ4v) is 4.04. The fourth-order valence-electron chi connectivity index (χ4n) is 4.04.